The molecular formula is C21H30N2O5. The van der Waals surface area contributed by atoms with Crippen LogP contribution in [0.2, 0.25) is 0 Å². The highest BCUT2D eigenvalue weighted by atomic mass is 16.6. The van der Waals surface area contributed by atoms with E-state index in [-0.39, 0.29) is 5.91 Å². The van der Waals surface area contributed by atoms with E-state index in [1.807, 2.05) is 31.2 Å². The quantitative estimate of drug-likeness (QED) is 0.782. The molecule has 0 radical (unpaired) electrons. The van der Waals surface area contributed by atoms with Gasteiger partial charge in [-0.15, -0.1) is 0 Å². The summed E-state index contributed by atoms with van der Waals surface area (Å²) in [6, 6.07) is 7.09. The molecule has 1 N–H and O–H groups in total. The Kier molecular flexibility index (Phi) is 7.05. The van der Waals surface area contributed by atoms with Crippen LogP contribution >= 0.6 is 0 Å². The molecule has 1 aromatic carbocycles. The summed E-state index contributed by atoms with van der Waals surface area (Å²) in [4.78, 5) is 38.4. The zero-order valence-electron chi connectivity index (χ0n) is 17.3. The van der Waals surface area contributed by atoms with Gasteiger partial charge in [0.05, 0.1) is 0 Å². The zero-order chi connectivity index (χ0) is 20.9. The van der Waals surface area contributed by atoms with Crippen LogP contribution in [0.15, 0.2) is 24.3 Å². The molecule has 7 nitrogen and oxygen atoms in total. The average Bonchev–Trinajstić information content (AvgIpc) is 3.09. The van der Waals surface area contributed by atoms with Crippen molar-refractivity contribution in [2.24, 2.45) is 0 Å². The lowest BCUT2D eigenvalue weighted by Gasteiger charge is -2.28. The van der Waals surface area contributed by atoms with Gasteiger partial charge in [-0.25, -0.2) is 9.59 Å². The van der Waals surface area contributed by atoms with E-state index in [1.165, 1.54) is 11.8 Å². The van der Waals surface area contributed by atoms with E-state index >= 15 is 0 Å². The monoisotopic (exact) mass is 390 g/mol. The fourth-order valence-corrected chi connectivity index (χ4v) is 2.90. The van der Waals surface area contributed by atoms with Gasteiger partial charge in [0.25, 0.3) is 5.91 Å². The van der Waals surface area contributed by atoms with Crippen LogP contribution < -0.4 is 5.32 Å². The molecule has 1 aliphatic heterocycles. The summed E-state index contributed by atoms with van der Waals surface area (Å²) in [7, 11) is 0. The fraction of sp³-hybridized carbons (Fsp3) is 0.571. The number of ether oxygens (including phenoxy) is 2. The van der Waals surface area contributed by atoms with Crippen LogP contribution in [0, 0.1) is 6.92 Å². The summed E-state index contributed by atoms with van der Waals surface area (Å²) in [5.74, 6) is -0.961. The number of hydrogen-bond acceptors (Lipinski definition) is 5. The van der Waals surface area contributed by atoms with Gasteiger partial charge >= 0.3 is 12.1 Å². The van der Waals surface area contributed by atoms with Crippen LogP contribution in [0.3, 0.4) is 0 Å². The van der Waals surface area contributed by atoms with Crippen molar-refractivity contribution in [2.75, 3.05) is 6.54 Å². The summed E-state index contributed by atoms with van der Waals surface area (Å²) in [5.41, 5.74) is 1.46. The molecule has 1 aromatic rings. The number of amides is 2. The van der Waals surface area contributed by atoms with Crippen molar-refractivity contribution in [2.45, 2.75) is 71.8 Å². The summed E-state index contributed by atoms with van der Waals surface area (Å²) < 4.78 is 10.7. The first-order valence-corrected chi connectivity index (χ1v) is 9.60. The van der Waals surface area contributed by atoms with Gasteiger partial charge in [0, 0.05) is 13.1 Å². The Bertz CT molecular complexity index is 709. The molecular weight excluding hydrogens is 360 g/mol. The van der Waals surface area contributed by atoms with Crippen molar-refractivity contribution in [3.8, 4) is 0 Å². The highest BCUT2D eigenvalue weighted by Crippen LogP contribution is 2.22. The Morgan fingerprint density at radius 3 is 2.46 bits per heavy atom. The number of likely N-dealkylation sites (tertiary alicyclic amines) is 1. The molecule has 2 atom stereocenters. The first kappa shape index (κ1) is 21.7. The molecule has 1 heterocycles. The third kappa shape index (κ3) is 6.25. The summed E-state index contributed by atoms with van der Waals surface area (Å²) in [6.45, 7) is 9.62. The maximum Gasteiger partial charge on any atom is 0.411 e. The maximum absolute atomic E-state index is 12.5. The van der Waals surface area contributed by atoms with Crippen LogP contribution in [-0.4, -0.2) is 47.2 Å². The first-order valence-electron chi connectivity index (χ1n) is 9.60. The first-order chi connectivity index (χ1) is 13.1. The van der Waals surface area contributed by atoms with Crippen LogP contribution in [0.5, 0.6) is 0 Å². The lowest BCUT2D eigenvalue weighted by molar-refractivity contribution is -0.158. The average molecular weight is 390 g/mol. The van der Waals surface area contributed by atoms with E-state index in [2.05, 4.69) is 5.32 Å². The van der Waals surface area contributed by atoms with Gasteiger partial charge in [0.2, 0.25) is 0 Å². The number of hydrogen-bond donors (Lipinski definition) is 1. The van der Waals surface area contributed by atoms with E-state index in [1.54, 1.807) is 20.8 Å². The smallest absolute Gasteiger partial charge is 0.411 e. The summed E-state index contributed by atoms with van der Waals surface area (Å²) in [6.07, 6.45) is -0.301. The Hall–Kier alpha value is -2.57. The standard InChI is InChI=1S/C21H30N2O5/c1-14-8-10-16(11-9-14)13-22-18(24)15(2)27-19(25)17-7-6-12-23(17)20(26)28-21(3,4)5/h8-11,15,17H,6-7,12-13H2,1-5H3,(H,22,24)/t15-,17-/m0/s1. The molecule has 7 heteroatoms. The summed E-state index contributed by atoms with van der Waals surface area (Å²) in [5, 5.41) is 2.76. The van der Waals surface area contributed by atoms with E-state index in [0.29, 0.717) is 25.9 Å². The van der Waals surface area contributed by atoms with Gasteiger partial charge in [-0.05, 0) is 53.0 Å². The number of carbonyl (C=O) groups is 3. The number of benzene rings is 1. The molecule has 0 spiro atoms. The minimum atomic E-state index is -0.945. The fourth-order valence-electron chi connectivity index (χ4n) is 2.90. The predicted molar refractivity (Wildman–Crippen MR) is 105 cm³/mol. The van der Waals surface area contributed by atoms with Gasteiger partial charge in [0.15, 0.2) is 6.10 Å². The lowest BCUT2D eigenvalue weighted by Crippen LogP contribution is -2.46. The molecule has 1 aliphatic rings. The Balaban J connectivity index is 1.87. The molecule has 2 amide bonds. The Morgan fingerprint density at radius 2 is 1.86 bits per heavy atom. The highest BCUT2D eigenvalue weighted by molar-refractivity contribution is 5.86. The predicted octanol–water partition coefficient (Wildman–Crippen LogP) is 2.94. The number of carbonyl (C=O) groups excluding carboxylic acids is 3. The van der Waals surface area contributed by atoms with Crippen molar-refractivity contribution in [1.29, 1.82) is 0 Å². The molecule has 0 aromatic heterocycles. The van der Waals surface area contributed by atoms with Crippen LogP contribution in [0.1, 0.15) is 51.7 Å². The highest BCUT2D eigenvalue weighted by Gasteiger charge is 2.38. The lowest BCUT2D eigenvalue weighted by atomic mass is 10.1. The normalized spacial score (nSPS) is 17.8. The van der Waals surface area contributed by atoms with Gasteiger partial charge in [-0.1, -0.05) is 29.8 Å². The largest absolute Gasteiger partial charge is 0.451 e. The number of esters is 1. The number of aryl methyl sites for hydroxylation is 1. The minimum Gasteiger partial charge on any atom is -0.451 e. The third-order valence-electron chi connectivity index (χ3n) is 4.40. The molecule has 0 saturated carbocycles. The van der Waals surface area contributed by atoms with Crippen LogP contribution in [0.25, 0.3) is 0 Å². The molecule has 0 bridgehead atoms. The van der Waals surface area contributed by atoms with E-state index in [4.69, 9.17) is 9.47 Å². The zero-order valence-corrected chi connectivity index (χ0v) is 17.3. The number of rotatable bonds is 5. The van der Waals surface area contributed by atoms with Gasteiger partial charge in [-0.3, -0.25) is 9.69 Å². The molecule has 154 valence electrons. The van der Waals surface area contributed by atoms with Crippen molar-refractivity contribution in [1.82, 2.24) is 10.2 Å². The topological polar surface area (TPSA) is 84.9 Å². The van der Waals surface area contributed by atoms with E-state index < -0.39 is 29.8 Å². The van der Waals surface area contributed by atoms with Crippen LogP contribution in [-0.2, 0) is 25.6 Å². The second-order valence-corrected chi connectivity index (χ2v) is 8.11. The van der Waals surface area contributed by atoms with Crippen molar-refractivity contribution < 1.29 is 23.9 Å². The summed E-state index contributed by atoms with van der Waals surface area (Å²) >= 11 is 0. The minimum absolute atomic E-state index is 0.356. The number of nitrogens with one attached hydrogen (secondary N) is 1. The molecule has 0 aliphatic carbocycles. The van der Waals surface area contributed by atoms with Gasteiger partial charge in [0.1, 0.15) is 11.6 Å². The molecule has 2 rings (SSSR count). The Morgan fingerprint density at radius 1 is 1.21 bits per heavy atom. The molecule has 28 heavy (non-hydrogen) atoms. The van der Waals surface area contributed by atoms with E-state index in [0.717, 1.165) is 11.1 Å². The van der Waals surface area contributed by atoms with E-state index in [9.17, 15) is 14.4 Å². The van der Waals surface area contributed by atoms with Crippen molar-refractivity contribution in [3.63, 3.8) is 0 Å². The molecule has 1 saturated heterocycles. The SMILES string of the molecule is Cc1ccc(CNC(=O)[C@H](C)OC(=O)[C@@H]2CCCN2C(=O)OC(C)(C)C)cc1. The van der Waals surface area contributed by atoms with Gasteiger partial charge < -0.3 is 14.8 Å². The second kappa shape index (κ2) is 9.08. The maximum atomic E-state index is 12.5. The van der Waals surface area contributed by atoms with Crippen molar-refractivity contribution in [3.05, 3.63) is 35.4 Å². The number of nitrogens with zero attached hydrogens (tertiary/aromatic N) is 1. The van der Waals surface area contributed by atoms with Crippen LogP contribution in [0.4, 0.5) is 4.79 Å². The molecule has 1 fully saturated rings. The van der Waals surface area contributed by atoms with Gasteiger partial charge in [-0.2, -0.15) is 0 Å². The van der Waals surface area contributed by atoms with Crippen molar-refractivity contribution >= 4 is 18.0 Å². The molecule has 0 unspecified atom stereocenters. The second-order valence-electron chi connectivity index (χ2n) is 8.11. The Labute approximate surface area is 166 Å². The third-order valence-corrected chi connectivity index (χ3v) is 4.40.